The molecular formula is C19H26N4O2. The largest absolute Gasteiger partial charge is 0.395 e. The Morgan fingerprint density at radius 2 is 2.04 bits per heavy atom. The molecule has 6 nitrogen and oxygen atoms in total. The van der Waals surface area contributed by atoms with Crippen LogP contribution in [0.5, 0.6) is 0 Å². The van der Waals surface area contributed by atoms with Gasteiger partial charge in [0.05, 0.1) is 18.8 Å². The van der Waals surface area contributed by atoms with Crippen molar-refractivity contribution in [1.29, 1.82) is 0 Å². The summed E-state index contributed by atoms with van der Waals surface area (Å²) in [6.45, 7) is 5.58. The van der Waals surface area contributed by atoms with Gasteiger partial charge >= 0.3 is 6.03 Å². The van der Waals surface area contributed by atoms with Crippen molar-refractivity contribution < 1.29 is 9.90 Å². The van der Waals surface area contributed by atoms with E-state index in [1.165, 1.54) is 5.56 Å². The smallest absolute Gasteiger partial charge is 0.317 e. The van der Waals surface area contributed by atoms with Gasteiger partial charge in [-0.2, -0.15) is 5.10 Å². The number of nitrogens with one attached hydrogen (secondary N) is 1. The van der Waals surface area contributed by atoms with Crippen molar-refractivity contribution in [2.45, 2.75) is 45.8 Å². The number of carbonyl (C=O) groups is 1. The Morgan fingerprint density at radius 3 is 2.68 bits per heavy atom. The lowest BCUT2D eigenvalue weighted by molar-refractivity contribution is 0.173. The van der Waals surface area contributed by atoms with E-state index >= 15 is 0 Å². The van der Waals surface area contributed by atoms with E-state index in [0.717, 1.165) is 36.3 Å². The van der Waals surface area contributed by atoms with E-state index in [1.54, 1.807) is 4.90 Å². The van der Waals surface area contributed by atoms with E-state index < -0.39 is 0 Å². The Bertz CT molecular complexity index is 723. The normalized spacial score (nSPS) is 13.7. The minimum Gasteiger partial charge on any atom is -0.395 e. The van der Waals surface area contributed by atoms with Crippen LogP contribution < -0.4 is 5.32 Å². The summed E-state index contributed by atoms with van der Waals surface area (Å²) in [7, 11) is 0. The zero-order valence-electron chi connectivity index (χ0n) is 14.9. The number of aryl methyl sites for hydroxylation is 1. The molecule has 2 amide bonds. The molecule has 25 heavy (non-hydrogen) atoms. The monoisotopic (exact) mass is 342 g/mol. The molecule has 1 aliphatic rings. The summed E-state index contributed by atoms with van der Waals surface area (Å²) in [6, 6.07) is 10.4. The van der Waals surface area contributed by atoms with Crippen molar-refractivity contribution >= 4 is 6.03 Å². The number of hydrogen-bond donors (Lipinski definition) is 2. The van der Waals surface area contributed by atoms with Gasteiger partial charge in [-0.1, -0.05) is 30.3 Å². The first kappa shape index (κ1) is 17.5. The van der Waals surface area contributed by atoms with Crippen LogP contribution >= 0.6 is 0 Å². The minimum absolute atomic E-state index is 0.00299. The molecule has 0 aliphatic heterocycles. The molecular weight excluding hydrogens is 316 g/mol. The van der Waals surface area contributed by atoms with Gasteiger partial charge in [-0.3, -0.25) is 4.68 Å². The van der Waals surface area contributed by atoms with Gasteiger partial charge in [-0.05, 0) is 32.3 Å². The van der Waals surface area contributed by atoms with Crippen molar-refractivity contribution in [3.05, 3.63) is 52.8 Å². The molecule has 0 unspecified atom stereocenters. The predicted molar refractivity (Wildman–Crippen MR) is 96.3 cm³/mol. The number of aromatic nitrogens is 2. The lowest BCUT2D eigenvalue weighted by atomic mass is 10.2. The molecule has 0 atom stereocenters. The van der Waals surface area contributed by atoms with Gasteiger partial charge in [-0.15, -0.1) is 0 Å². The highest BCUT2D eigenvalue weighted by atomic mass is 16.3. The SMILES string of the molecule is Cc1nn(Cc2ccccc2)c(C)c1CNC(=O)N(CCO)C1CC1. The van der Waals surface area contributed by atoms with Gasteiger partial charge < -0.3 is 15.3 Å². The second kappa shape index (κ2) is 7.70. The van der Waals surface area contributed by atoms with Crippen LogP contribution in [-0.2, 0) is 13.1 Å². The maximum Gasteiger partial charge on any atom is 0.317 e. The highest BCUT2D eigenvalue weighted by Gasteiger charge is 2.32. The maximum absolute atomic E-state index is 12.4. The molecule has 6 heteroatoms. The van der Waals surface area contributed by atoms with Crippen molar-refractivity contribution in [1.82, 2.24) is 20.0 Å². The van der Waals surface area contributed by atoms with Crippen molar-refractivity contribution in [2.24, 2.45) is 0 Å². The van der Waals surface area contributed by atoms with Gasteiger partial charge in [0.2, 0.25) is 0 Å². The summed E-state index contributed by atoms with van der Waals surface area (Å²) in [5.41, 5.74) is 4.27. The predicted octanol–water partition coefficient (Wildman–Crippen LogP) is 2.21. The summed E-state index contributed by atoms with van der Waals surface area (Å²) in [4.78, 5) is 14.1. The standard InChI is InChI=1S/C19H26N4O2/c1-14-18(12-20-19(25)22(10-11-24)17-8-9-17)15(2)23(21-14)13-16-6-4-3-5-7-16/h3-7,17,24H,8-13H2,1-2H3,(H,20,25). The summed E-state index contributed by atoms with van der Waals surface area (Å²) in [6.07, 6.45) is 2.06. The van der Waals surface area contributed by atoms with E-state index in [4.69, 9.17) is 5.11 Å². The zero-order chi connectivity index (χ0) is 17.8. The molecule has 3 rings (SSSR count). The number of aliphatic hydroxyl groups is 1. The summed E-state index contributed by atoms with van der Waals surface area (Å²) in [5.74, 6) is 0. The number of hydrogen-bond acceptors (Lipinski definition) is 3. The number of rotatable bonds is 7. The third-order valence-corrected chi connectivity index (χ3v) is 4.71. The van der Waals surface area contributed by atoms with Crippen LogP contribution in [-0.4, -0.2) is 45.0 Å². The molecule has 1 saturated carbocycles. The first-order valence-electron chi connectivity index (χ1n) is 8.82. The topological polar surface area (TPSA) is 70.4 Å². The van der Waals surface area contributed by atoms with Crippen LogP contribution in [0, 0.1) is 13.8 Å². The quantitative estimate of drug-likeness (QED) is 0.810. The van der Waals surface area contributed by atoms with Gasteiger partial charge in [0.25, 0.3) is 0 Å². The highest BCUT2D eigenvalue weighted by molar-refractivity contribution is 5.75. The van der Waals surface area contributed by atoms with Crippen LogP contribution in [0.4, 0.5) is 4.79 Å². The molecule has 1 aromatic heterocycles. The molecule has 1 fully saturated rings. The van der Waals surface area contributed by atoms with E-state index in [2.05, 4.69) is 22.5 Å². The van der Waals surface area contributed by atoms with Gasteiger partial charge in [0, 0.05) is 30.4 Å². The molecule has 0 bridgehead atoms. The number of urea groups is 1. The van der Waals surface area contributed by atoms with E-state index in [0.29, 0.717) is 13.1 Å². The lowest BCUT2D eigenvalue weighted by Crippen LogP contribution is -2.42. The average Bonchev–Trinajstić information content (AvgIpc) is 3.40. The fourth-order valence-corrected chi connectivity index (χ4v) is 3.11. The first-order valence-corrected chi connectivity index (χ1v) is 8.82. The van der Waals surface area contributed by atoms with Gasteiger partial charge in [0.15, 0.2) is 0 Å². The Balaban J connectivity index is 1.65. The minimum atomic E-state index is -0.105. The second-order valence-electron chi connectivity index (χ2n) is 6.60. The molecule has 134 valence electrons. The molecule has 0 spiro atoms. The lowest BCUT2D eigenvalue weighted by Gasteiger charge is -2.21. The molecule has 0 saturated heterocycles. The van der Waals surface area contributed by atoms with Crippen LogP contribution in [0.3, 0.4) is 0 Å². The summed E-state index contributed by atoms with van der Waals surface area (Å²) >= 11 is 0. The van der Waals surface area contributed by atoms with Gasteiger partial charge in [-0.25, -0.2) is 4.79 Å². The molecule has 2 aromatic rings. The first-order chi connectivity index (χ1) is 12.1. The summed E-state index contributed by atoms with van der Waals surface area (Å²) < 4.78 is 1.98. The number of carbonyl (C=O) groups excluding carboxylic acids is 1. The number of benzene rings is 1. The highest BCUT2D eigenvalue weighted by Crippen LogP contribution is 2.26. The van der Waals surface area contributed by atoms with Crippen molar-refractivity contribution in [3.8, 4) is 0 Å². The number of amides is 2. The maximum atomic E-state index is 12.4. The second-order valence-corrected chi connectivity index (χ2v) is 6.60. The van der Waals surface area contributed by atoms with E-state index in [9.17, 15) is 4.79 Å². The Labute approximate surface area is 148 Å². The van der Waals surface area contributed by atoms with Crippen molar-refractivity contribution in [3.63, 3.8) is 0 Å². The Morgan fingerprint density at radius 1 is 1.32 bits per heavy atom. The number of nitrogens with zero attached hydrogens (tertiary/aromatic N) is 3. The Kier molecular flexibility index (Phi) is 5.38. The van der Waals surface area contributed by atoms with E-state index in [-0.39, 0.29) is 18.7 Å². The zero-order valence-corrected chi connectivity index (χ0v) is 14.9. The third kappa shape index (κ3) is 4.20. The van der Waals surface area contributed by atoms with Crippen LogP contribution in [0.1, 0.15) is 35.4 Å². The van der Waals surface area contributed by atoms with Crippen LogP contribution in [0.2, 0.25) is 0 Å². The van der Waals surface area contributed by atoms with Crippen molar-refractivity contribution in [2.75, 3.05) is 13.2 Å². The fraction of sp³-hybridized carbons (Fsp3) is 0.474. The number of aliphatic hydroxyl groups excluding tert-OH is 1. The summed E-state index contributed by atoms with van der Waals surface area (Å²) in [5, 5.41) is 16.8. The average molecular weight is 342 g/mol. The molecule has 0 radical (unpaired) electrons. The van der Waals surface area contributed by atoms with E-state index in [1.807, 2.05) is 36.7 Å². The molecule has 1 aromatic carbocycles. The fourth-order valence-electron chi connectivity index (χ4n) is 3.11. The molecule has 1 aliphatic carbocycles. The third-order valence-electron chi connectivity index (χ3n) is 4.71. The van der Waals surface area contributed by atoms with Crippen LogP contribution in [0.15, 0.2) is 30.3 Å². The van der Waals surface area contributed by atoms with Gasteiger partial charge in [0.1, 0.15) is 0 Å². The Hall–Kier alpha value is -2.34. The van der Waals surface area contributed by atoms with Crippen LogP contribution in [0.25, 0.3) is 0 Å². The molecule has 1 heterocycles. The molecule has 2 N–H and O–H groups in total.